The molecule has 1 heteroatoms. The molecule has 55 heavy (non-hydrogen) atoms. The van der Waals surface area contributed by atoms with Gasteiger partial charge in [-0.2, -0.15) is 0 Å². The number of rotatable bonds is 20. The Balaban J connectivity index is 1.06. The molecule has 6 rings (SSSR count). The molecule has 6 aliphatic carbocycles. The van der Waals surface area contributed by atoms with Crippen molar-refractivity contribution in [2.24, 2.45) is 57.2 Å². The van der Waals surface area contributed by atoms with Crippen molar-refractivity contribution in [3.8, 4) is 0 Å². The largest absolute Gasteiger partial charge is 0.380 e. The smallest absolute Gasteiger partial charge is 0.0563 e. The minimum atomic E-state index is 0.249. The Morgan fingerprint density at radius 1 is 0.436 bits per heavy atom. The first-order chi connectivity index (χ1) is 27.0. The molecule has 0 N–H and O–H groups in total. The van der Waals surface area contributed by atoms with Gasteiger partial charge in [0.25, 0.3) is 0 Å². The summed E-state index contributed by atoms with van der Waals surface area (Å²) in [4.78, 5) is 0. The highest BCUT2D eigenvalue weighted by Crippen LogP contribution is 2.64. The quantitative estimate of drug-likeness (QED) is 0.0888. The van der Waals surface area contributed by atoms with Crippen molar-refractivity contribution in [2.75, 3.05) is 13.2 Å². The fraction of sp³-hybridized carbons (Fsp3) is 0.852. The molecule has 0 aromatic heterocycles. The Bertz CT molecular complexity index is 1080. The van der Waals surface area contributed by atoms with Crippen molar-refractivity contribution in [3.63, 3.8) is 0 Å². The second kappa shape index (κ2) is 21.3. The molecule has 0 radical (unpaired) electrons. The van der Waals surface area contributed by atoms with Crippen LogP contribution in [0.3, 0.4) is 0 Å². The van der Waals surface area contributed by atoms with Gasteiger partial charge in [-0.15, -0.1) is 0 Å². The van der Waals surface area contributed by atoms with Crippen molar-refractivity contribution in [2.45, 2.75) is 220 Å². The topological polar surface area (TPSA) is 9.23 Å². The summed E-state index contributed by atoms with van der Waals surface area (Å²) >= 11 is 0. The number of unbranched alkanes of at least 4 members (excludes halogenated alkanes) is 4. The van der Waals surface area contributed by atoms with E-state index < -0.39 is 0 Å². The lowest BCUT2D eigenvalue weighted by Crippen LogP contribution is -2.48. The SMILES string of the molecule is CCCCC[C@H]1CC[C@H](C2([C@]3(CCC)C=C[C@@H](COC[C@H]4C=C[C@](CCC)(C5([C@H]6CC[C@H](CCCCC)CC6)CCCCC5)C=C4)C=C3)CCCCC2)CC1. The molecular weight excluding hydrogens is 665 g/mol. The molecular formula is C54H90O. The van der Waals surface area contributed by atoms with Gasteiger partial charge >= 0.3 is 0 Å². The summed E-state index contributed by atoms with van der Waals surface area (Å²) in [6.07, 6.45) is 64.5. The normalized spacial score (nSPS) is 35.9. The highest BCUT2D eigenvalue weighted by atomic mass is 16.5. The lowest BCUT2D eigenvalue weighted by Gasteiger charge is -2.57. The molecule has 312 valence electrons. The van der Waals surface area contributed by atoms with Gasteiger partial charge < -0.3 is 4.74 Å². The Kier molecular flexibility index (Phi) is 16.8. The van der Waals surface area contributed by atoms with Crippen LogP contribution in [0.5, 0.6) is 0 Å². The van der Waals surface area contributed by atoms with Gasteiger partial charge in [-0.3, -0.25) is 0 Å². The molecule has 4 saturated carbocycles. The zero-order chi connectivity index (χ0) is 38.5. The van der Waals surface area contributed by atoms with Crippen LogP contribution in [0.25, 0.3) is 0 Å². The molecule has 0 atom stereocenters. The number of hydrogen-bond donors (Lipinski definition) is 0. The zero-order valence-electron chi connectivity index (χ0n) is 37.1. The molecule has 4 fully saturated rings. The van der Waals surface area contributed by atoms with Gasteiger partial charge in [-0.25, -0.2) is 0 Å². The van der Waals surface area contributed by atoms with E-state index in [0.717, 1.165) is 36.9 Å². The van der Waals surface area contributed by atoms with Crippen molar-refractivity contribution < 1.29 is 4.74 Å². The van der Waals surface area contributed by atoms with Gasteiger partial charge in [0, 0.05) is 22.7 Å². The van der Waals surface area contributed by atoms with Crippen LogP contribution in [0, 0.1) is 57.2 Å². The Labute approximate surface area is 342 Å². The zero-order valence-corrected chi connectivity index (χ0v) is 37.1. The summed E-state index contributed by atoms with van der Waals surface area (Å²) in [5.41, 5.74) is 1.44. The molecule has 0 aliphatic heterocycles. The van der Waals surface area contributed by atoms with Crippen molar-refractivity contribution in [3.05, 3.63) is 48.6 Å². The average molecular weight is 755 g/mol. The van der Waals surface area contributed by atoms with Crippen LogP contribution >= 0.6 is 0 Å². The van der Waals surface area contributed by atoms with E-state index in [4.69, 9.17) is 4.74 Å². The van der Waals surface area contributed by atoms with Crippen LogP contribution < -0.4 is 0 Å². The van der Waals surface area contributed by atoms with E-state index in [-0.39, 0.29) is 10.8 Å². The van der Waals surface area contributed by atoms with Gasteiger partial charge in [0.1, 0.15) is 0 Å². The van der Waals surface area contributed by atoms with Crippen LogP contribution in [0.1, 0.15) is 220 Å². The third kappa shape index (κ3) is 10.0. The van der Waals surface area contributed by atoms with E-state index in [9.17, 15) is 0 Å². The number of ether oxygens (including phenoxy) is 1. The number of hydrogen-bond acceptors (Lipinski definition) is 1. The Morgan fingerprint density at radius 3 is 1.13 bits per heavy atom. The standard InChI is InChI=1S/C54H90O/c1-5-9-13-19-45-21-25-49(26-22-45)53(35-15-11-16-36-53)51(33-7-3)39-29-47(30-40-51)43-55-44-48-31-41-52(34-8-4,42-32-48)54(37-17-12-18-38-54)50-27-23-46(24-28-50)20-14-10-6-2/h29-32,39-42,45-50H,5-28,33-38,43-44H2,1-4H3/t45-,46-,47-,48-,49-,50-,51-,52-. The van der Waals surface area contributed by atoms with E-state index in [1.807, 2.05) is 0 Å². The molecule has 0 saturated heterocycles. The summed E-state index contributed by atoms with van der Waals surface area (Å²) in [6, 6.07) is 0. The third-order valence-corrected chi connectivity index (χ3v) is 17.5. The molecule has 0 heterocycles. The van der Waals surface area contributed by atoms with E-state index in [1.54, 1.807) is 0 Å². The van der Waals surface area contributed by atoms with Crippen molar-refractivity contribution in [1.29, 1.82) is 0 Å². The van der Waals surface area contributed by atoms with E-state index in [2.05, 4.69) is 76.3 Å². The highest BCUT2D eigenvalue weighted by Gasteiger charge is 2.54. The van der Waals surface area contributed by atoms with Gasteiger partial charge in [-0.1, -0.05) is 205 Å². The molecule has 6 aliphatic rings. The summed E-state index contributed by atoms with van der Waals surface area (Å²) in [5.74, 6) is 4.65. The minimum absolute atomic E-state index is 0.249. The van der Waals surface area contributed by atoms with E-state index in [1.165, 1.54) is 193 Å². The summed E-state index contributed by atoms with van der Waals surface area (Å²) in [6.45, 7) is 11.2. The molecule has 1 nitrogen and oxygen atoms in total. The third-order valence-electron chi connectivity index (χ3n) is 17.5. The minimum Gasteiger partial charge on any atom is -0.380 e. The van der Waals surface area contributed by atoms with Crippen LogP contribution in [0.4, 0.5) is 0 Å². The number of allylic oxidation sites excluding steroid dienone is 4. The fourth-order valence-corrected chi connectivity index (χ4v) is 14.6. The second-order valence-corrected chi connectivity index (χ2v) is 20.7. The first-order valence-electron chi connectivity index (χ1n) is 25.3. The maximum absolute atomic E-state index is 6.64. The Morgan fingerprint density at radius 2 is 0.800 bits per heavy atom. The Hall–Kier alpha value is -1.08. The van der Waals surface area contributed by atoms with Crippen LogP contribution in [-0.2, 0) is 4.74 Å². The molecule has 0 bridgehead atoms. The van der Waals surface area contributed by atoms with Gasteiger partial charge in [0.2, 0.25) is 0 Å². The second-order valence-electron chi connectivity index (χ2n) is 20.7. The van der Waals surface area contributed by atoms with Crippen molar-refractivity contribution in [1.82, 2.24) is 0 Å². The van der Waals surface area contributed by atoms with Crippen LogP contribution in [0.2, 0.25) is 0 Å². The molecule has 0 unspecified atom stereocenters. The average Bonchev–Trinajstić information content (AvgIpc) is 3.23. The lowest BCUT2D eigenvalue weighted by atomic mass is 9.47. The van der Waals surface area contributed by atoms with Gasteiger partial charge in [-0.05, 0) is 98.7 Å². The maximum Gasteiger partial charge on any atom is 0.0563 e. The van der Waals surface area contributed by atoms with Gasteiger partial charge in [0.15, 0.2) is 0 Å². The van der Waals surface area contributed by atoms with Crippen molar-refractivity contribution >= 4 is 0 Å². The van der Waals surface area contributed by atoms with Gasteiger partial charge in [0.05, 0.1) is 13.2 Å². The molecule has 0 aromatic rings. The summed E-state index contributed by atoms with van der Waals surface area (Å²) in [7, 11) is 0. The first-order valence-corrected chi connectivity index (χ1v) is 25.3. The first kappa shape index (κ1) is 43.5. The monoisotopic (exact) mass is 755 g/mol. The predicted octanol–water partition coefficient (Wildman–Crippen LogP) is 16.7. The fourth-order valence-electron chi connectivity index (χ4n) is 14.6. The highest BCUT2D eigenvalue weighted by molar-refractivity contribution is 5.28. The van der Waals surface area contributed by atoms with E-state index in [0.29, 0.717) is 22.7 Å². The summed E-state index contributed by atoms with van der Waals surface area (Å²) < 4.78 is 6.64. The van der Waals surface area contributed by atoms with Crippen LogP contribution in [-0.4, -0.2) is 13.2 Å². The maximum atomic E-state index is 6.64. The predicted molar refractivity (Wildman–Crippen MR) is 239 cm³/mol. The molecule has 0 aromatic carbocycles. The van der Waals surface area contributed by atoms with E-state index >= 15 is 0 Å². The lowest BCUT2D eigenvalue weighted by molar-refractivity contribution is -0.0288. The summed E-state index contributed by atoms with van der Waals surface area (Å²) in [5, 5.41) is 0. The molecule has 0 spiro atoms. The van der Waals surface area contributed by atoms with Crippen LogP contribution in [0.15, 0.2) is 48.6 Å². The molecule has 0 amide bonds.